The number of benzene rings is 1. The first-order valence-corrected chi connectivity index (χ1v) is 19.7. The van der Waals surface area contributed by atoms with Gasteiger partial charge in [-0.15, -0.1) is 0 Å². The Morgan fingerprint density at radius 2 is 1.39 bits per heavy atom. The third-order valence-electron chi connectivity index (χ3n) is 10.2. The van der Waals surface area contributed by atoms with Crippen LogP contribution in [0.1, 0.15) is 45.1 Å². The average Bonchev–Trinajstić information content (AvgIpc) is 3.97. The molecule has 5 N–H and O–H groups in total. The number of ether oxygens (including phenoxy) is 5. The number of nitrogens with one attached hydrogen (secondary N) is 2. The van der Waals surface area contributed by atoms with Crippen molar-refractivity contribution in [3.8, 4) is 5.75 Å². The van der Waals surface area contributed by atoms with Gasteiger partial charge in [0.1, 0.15) is 41.4 Å². The zero-order chi connectivity index (χ0) is 40.3. The maximum absolute atomic E-state index is 13.7. The van der Waals surface area contributed by atoms with Crippen LogP contribution in [0.5, 0.6) is 5.75 Å². The number of carbonyl (C=O) groups is 1. The van der Waals surface area contributed by atoms with Crippen molar-refractivity contribution in [3.05, 3.63) is 96.5 Å². The second kappa shape index (κ2) is 17.1. The van der Waals surface area contributed by atoms with Crippen molar-refractivity contribution < 1.29 is 57.4 Å². The van der Waals surface area contributed by atoms with E-state index in [4.69, 9.17) is 32.7 Å². The number of para-hydroxylation sites is 1. The molecule has 6 heterocycles. The quantitative estimate of drug-likeness (QED) is 0.124. The number of rotatable bonds is 11. The Balaban J connectivity index is 0.000000223. The topological polar surface area (TPSA) is 269 Å². The summed E-state index contributed by atoms with van der Waals surface area (Å²) in [7, 11) is -2.72. The van der Waals surface area contributed by atoms with Gasteiger partial charge in [0.15, 0.2) is 12.5 Å². The van der Waals surface area contributed by atoms with Crippen LogP contribution in [0.15, 0.2) is 74.0 Å². The summed E-state index contributed by atoms with van der Waals surface area (Å²) in [6.07, 6.45) is -1.52. The second-order valence-electron chi connectivity index (χ2n) is 13.9. The summed E-state index contributed by atoms with van der Waals surface area (Å²) < 4.78 is 55.3. The van der Waals surface area contributed by atoms with Crippen LogP contribution in [-0.2, 0) is 37.6 Å². The van der Waals surface area contributed by atoms with Crippen LogP contribution < -0.4 is 27.0 Å². The molecule has 2 spiro atoms. The lowest BCUT2D eigenvalue weighted by Gasteiger charge is -2.32. The van der Waals surface area contributed by atoms with Crippen LogP contribution in [0.4, 0.5) is 0 Å². The molecule has 7 rings (SSSR count). The number of aromatic amines is 2. The zero-order valence-electron chi connectivity index (χ0n) is 30.6. The molecule has 56 heavy (non-hydrogen) atoms. The van der Waals surface area contributed by atoms with Crippen molar-refractivity contribution in [2.45, 2.75) is 80.7 Å². The van der Waals surface area contributed by atoms with Gasteiger partial charge >= 0.3 is 24.9 Å². The van der Waals surface area contributed by atoms with Crippen LogP contribution in [-0.4, -0.2) is 116 Å². The summed E-state index contributed by atoms with van der Waals surface area (Å²) in [6.45, 7) is 1.58. The van der Waals surface area contributed by atoms with E-state index in [2.05, 4.69) is 9.97 Å². The van der Waals surface area contributed by atoms with E-state index in [9.17, 15) is 43.9 Å². The Morgan fingerprint density at radius 3 is 1.86 bits per heavy atom. The van der Waals surface area contributed by atoms with E-state index in [1.165, 1.54) is 43.1 Å². The van der Waals surface area contributed by atoms with Gasteiger partial charge in [-0.3, -0.25) is 38.0 Å². The Kier molecular flexibility index (Phi) is 12.6. The molecule has 0 saturated carbocycles. The number of aromatic nitrogens is 4. The van der Waals surface area contributed by atoms with Gasteiger partial charge in [-0.05, 0) is 37.8 Å². The summed E-state index contributed by atoms with van der Waals surface area (Å²) in [4.78, 5) is 63.3. The molecule has 5 unspecified atom stereocenters. The van der Waals surface area contributed by atoms with E-state index >= 15 is 0 Å². The molecular weight excluding hydrogens is 763 g/mol. The Hall–Kier alpha value is -4.24. The number of esters is 1. The first-order chi connectivity index (χ1) is 26.8. The van der Waals surface area contributed by atoms with Crippen molar-refractivity contribution in [3.63, 3.8) is 0 Å². The lowest BCUT2D eigenvalue weighted by molar-refractivity contribution is -0.144. The van der Waals surface area contributed by atoms with Crippen LogP contribution >= 0.6 is 7.60 Å². The number of hydrogen-bond acceptors (Lipinski definition) is 16. The molecule has 4 saturated heterocycles. The van der Waals surface area contributed by atoms with Gasteiger partial charge in [-0.25, -0.2) is 14.2 Å². The standard InChI is InChI=1S/C23H29N2O10P.C12H16N2O6/c1-15(20(28)31-2)14-36(30,35-16-7-4-3-5-8-16)33-13-17-19(27)23(10-6-12-32-23)21(34-17)25-11-9-18(26)24-22(25)29;15-6-7-9(17)12(3-1-5-19-12)10(20-7)14-4-2-8(16)13-11(14)18/h3-5,7-9,11,15,17,19,21,27H,6,10,12-14H2,1-2H3,(H,24,26,29);2,4,7,9-10,15,17H,1,3,5-6H2,(H,13,16,18)/t15-,17?,19-,21?,23-,36?;7?,9-,10?,12-/m11/s1. The van der Waals surface area contributed by atoms with Crippen molar-refractivity contribution in [2.75, 3.05) is 39.7 Å². The van der Waals surface area contributed by atoms with E-state index in [0.29, 0.717) is 32.5 Å². The molecule has 4 aliphatic heterocycles. The molecule has 4 fully saturated rings. The molecule has 4 aliphatic rings. The Morgan fingerprint density at radius 1 is 0.875 bits per heavy atom. The predicted octanol–water partition coefficient (Wildman–Crippen LogP) is -0.222. The highest BCUT2D eigenvalue weighted by Gasteiger charge is 2.61. The molecule has 21 heteroatoms. The predicted molar refractivity (Wildman–Crippen MR) is 192 cm³/mol. The normalized spacial score (nSPS) is 31.2. The minimum Gasteiger partial charge on any atom is -0.469 e. The highest BCUT2D eigenvalue weighted by Crippen LogP contribution is 2.52. The Labute approximate surface area is 318 Å². The fourth-order valence-electron chi connectivity index (χ4n) is 7.51. The van der Waals surface area contributed by atoms with E-state index in [0.717, 1.165) is 11.0 Å². The summed E-state index contributed by atoms with van der Waals surface area (Å²) >= 11 is 0. The highest BCUT2D eigenvalue weighted by atomic mass is 31.2. The summed E-state index contributed by atoms with van der Waals surface area (Å²) in [5, 5.41) is 30.8. The molecule has 0 aliphatic carbocycles. The zero-order valence-corrected chi connectivity index (χ0v) is 31.5. The van der Waals surface area contributed by atoms with Crippen LogP contribution in [0.25, 0.3) is 0 Å². The number of nitrogens with zero attached hydrogens (tertiary/aromatic N) is 2. The number of carbonyl (C=O) groups excluding carboxylic acids is 1. The highest BCUT2D eigenvalue weighted by molar-refractivity contribution is 7.54. The molecule has 10 atom stereocenters. The smallest absolute Gasteiger partial charge is 0.380 e. The minimum absolute atomic E-state index is 0.276. The maximum atomic E-state index is 13.7. The number of methoxy groups -OCH3 is 1. The fourth-order valence-corrected chi connectivity index (χ4v) is 9.38. The van der Waals surface area contributed by atoms with Crippen LogP contribution in [0.2, 0.25) is 0 Å². The number of aliphatic hydroxyl groups is 3. The van der Waals surface area contributed by atoms with E-state index in [1.807, 2.05) is 0 Å². The number of hydrogen-bond donors (Lipinski definition) is 5. The molecule has 2 aromatic heterocycles. The molecule has 0 bridgehead atoms. The number of H-pyrrole nitrogens is 2. The molecule has 20 nitrogen and oxygen atoms in total. The largest absolute Gasteiger partial charge is 0.469 e. The average molecular weight is 809 g/mol. The van der Waals surface area contributed by atoms with Gasteiger partial charge in [0.25, 0.3) is 11.1 Å². The lowest BCUT2D eigenvalue weighted by atomic mass is 9.91. The summed E-state index contributed by atoms with van der Waals surface area (Å²) in [6, 6.07) is 10.7. The van der Waals surface area contributed by atoms with Crippen LogP contribution in [0.3, 0.4) is 0 Å². The van der Waals surface area contributed by atoms with Gasteiger partial charge in [0.2, 0.25) is 0 Å². The Bertz CT molecular complexity index is 2110. The van der Waals surface area contributed by atoms with E-state index in [-0.39, 0.29) is 25.1 Å². The van der Waals surface area contributed by atoms with Gasteiger partial charge in [-0.1, -0.05) is 25.1 Å². The van der Waals surface area contributed by atoms with Gasteiger partial charge < -0.3 is 43.5 Å². The van der Waals surface area contributed by atoms with E-state index in [1.54, 1.807) is 30.3 Å². The summed E-state index contributed by atoms with van der Waals surface area (Å²) in [5.74, 6) is -1.10. The molecule has 0 amide bonds. The molecule has 306 valence electrons. The first-order valence-electron chi connectivity index (χ1n) is 18.0. The van der Waals surface area contributed by atoms with Gasteiger partial charge in [0, 0.05) is 37.7 Å². The summed E-state index contributed by atoms with van der Waals surface area (Å²) in [5.41, 5.74) is -4.77. The van der Waals surface area contributed by atoms with Crippen molar-refractivity contribution in [2.24, 2.45) is 5.92 Å². The van der Waals surface area contributed by atoms with E-state index < -0.39 is 90.1 Å². The maximum Gasteiger partial charge on any atom is 0.380 e. The first kappa shape index (κ1) is 41.4. The fraction of sp³-hybridized carbons (Fsp3) is 0.571. The number of aliphatic hydroxyl groups excluding tert-OH is 3. The second-order valence-corrected chi connectivity index (χ2v) is 15.9. The minimum atomic E-state index is -3.94. The van der Waals surface area contributed by atoms with Gasteiger partial charge in [-0.2, -0.15) is 0 Å². The van der Waals surface area contributed by atoms with Crippen LogP contribution in [0, 0.1) is 5.92 Å². The van der Waals surface area contributed by atoms with Gasteiger partial charge in [0.05, 0.1) is 32.4 Å². The SMILES string of the molecule is COC(=O)[C@H](C)CP(=O)(OCC1OC(n2ccc(=O)[nH]c2=O)[C@@]2(CCCO2)[C@@H]1O)Oc1ccccc1.O=c1ccn(C2OC(CO)[C@@H](O)[C@]23CCCO3)c(=O)[nH]1. The van der Waals surface area contributed by atoms with Crippen molar-refractivity contribution >= 4 is 13.6 Å². The third-order valence-corrected chi connectivity index (χ3v) is 12.3. The van der Waals surface area contributed by atoms with Crippen molar-refractivity contribution in [1.82, 2.24) is 19.1 Å². The van der Waals surface area contributed by atoms with Crippen molar-refractivity contribution in [1.29, 1.82) is 0 Å². The molecular formula is C35H45N4O16P. The third kappa shape index (κ3) is 8.25. The molecule has 0 radical (unpaired) electrons. The molecule has 1 aromatic carbocycles. The monoisotopic (exact) mass is 808 g/mol. The molecule has 3 aromatic rings. The lowest BCUT2D eigenvalue weighted by Crippen LogP contribution is -2.48.